The van der Waals surface area contributed by atoms with E-state index in [1.54, 1.807) is 6.92 Å². The first kappa shape index (κ1) is 7.09. The van der Waals surface area contributed by atoms with Crippen LogP contribution in [0.5, 0.6) is 0 Å². The molecule has 2 rings (SSSR count). The summed E-state index contributed by atoms with van der Waals surface area (Å²) >= 11 is 0. The number of rotatable bonds is 0. The maximum atomic E-state index is 12.9. The van der Waals surface area contributed by atoms with E-state index in [2.05, 4.69) is 5.16 Å². The van der Waals surface area contributed by atoms with Crippen molar-refractivity contribution in [3.8, 4) is 0 Å². The molecule has 12 heavy (non-hydrogen) atoms. The molecule has 0 bridgehead atoms. The van der Waals surface area contributed by atoms with Gasteiger partial charge in [-0.25, -0.2) is 4.39 Å². The first-order valence-corrected chi connectivity index (χ1v) is 3.50. The number of nitrogens with zero attached hydrogens (tertiary/aromatic N) is 1. The minimum Gasteiger partial charge on any atom is -0.396 e. The van der Waals surface area contributed by atoms with E-state index >= 15 is 0 Å². The molecular formula is C8H7FN2O. The molecule has 0 fully saturated rings. The Morgan fingerprint density at radius 3 is 3.00 bits per heavy atom. The van der Waals surface area contributed by atoms with Gasteiger partial charge < -0.3 is 10.3 Å². The van der Waals surface area contributed by atoms with Gasteiger partial charge in [0.15, 0.2) is 5.58 Å². The van der Waals surface area contributed by atoms with Crippen molar-refractivity contribution < 1.29 is 8.91 Å². The summed E-state index contributed by atoms with van der Waals surface area (Å²) in [6.45, 7) is 1.72. The van der Waals surface area contributed by atoms with Crippen LogP contribution in [-0.4, -0.2) is 5.16 Å². The quantitative estimate of drug-likeness (QED) is 0.607. The van der Waals surface area contributed by atoms with Gasteiger partial charge in [0, 0.05) is 0 Å². The molecule has 1 heterocycles. The van der Waals surface area contributed by atoms with E-state index in [9.17, 15) is 4.39 Å². The van der Waals surface area contributed by atoms with Gasteiger partial charge in [0.1, 0.15) is 5.82 Å². The van der Waals surface area contributed by atoms with E-state index in [0.717, 1.165) is 0 Å². The van der Waals surface area contributed by atoms with Crippen LogP contribution >= 0.6 is 0 Å². The van der Waals surface area contributed by atoms with Crippen molar-refractivity contribution in [2.24, 2.45) is 0 Å². The molecule has 4 heteroatoms. The zero-order valence-corrected chi connectivity index (χ0v) is 6.47. The Hall–Kier alpha value is -1.58. The number of anilines is 1. The second-order valence-electron chi connectivity index (χ2n) is 2.60. The maximum Gasteiger partial charge on any atom is 0.169 e. The summed E-state index contributed by atoms with van der Waals surface area (Å²) in [5.41, 5.74) is 6.72. The molecule has 0 saturated heterocycles. The number of nitrogens with two attached hydrogens (primary N) is 1. The van der Waals surface area contributed by atoms with Crippen molar-refractivity contribution >= 4 is 16.7 Å². The zero-order valence-electron chi connectivity index (χ0n) is 6.47. The fourth-order valence-electron chi connectivity index (χ4n) is 1.19. The van der Waals surface area contributed by atoms with Crippen LogP contribution in [0.25, 0.3) is 11.0 Å². The molecule has 0 radical (unpaired) electrons. The molecule has 0 amide bonds. The average Bonchev–Trinajstić information content (AvgIpc) is 2.41. The van der Waals surface area contributed by atoms with Crippen molar-refractivity contribution in [1.29, 1.82) is 0 Å². The molecule has 1 aromatic carbocycles. The first-order chi connectivity index (χ1) is 5.70. The molecule has 0 spiro atoms. The minimum atomic E-state index is -0.436. The number of nitrogen functional groups attached to an aromatic ring is 1. The third-order valence-electron chi connectivity index (χ3n) is 1.80. The van der Waals surface area contributed by atoms with Gasteiger partial charge in [-0.15, -0.1) is 0 Å². The first-order valence-electron chi connectivity index (χ1n) is 3.50. The molecule has 62 valence electrons. The fraction of sp³-hybridized carbons (Fsp3) is 0.125. The van der Waals surface area contributed by atoms with E-state index in [1.165, 1.54) is 12.1 Å². The van der Waals surface area contributed by atoms with Crippen LogP contribution in [-0.2, 0) is 0 Å². The Kier molecular flexibility index (Phi) is 1.30. The lowest BCUT2D eigenvalue weighted by molar-refractivity contribution is 0.450. The molecule has 0 atom stereocenters. The highest BCUT2D eigenvalue weighted by Gasteiger charge is 2.10. The second-order valence-corrected chi connectivity index (χ2v) is 2.60. The molecule has 2 N–H and O–H groups in total. The van der Waals surface area contributed by atoms with E-state index in [1.807, 2.05) is 0 Å². The normalized spacial score (nSPS) is 10.8. The number of halogens is 1. The zero-order chi connectivity index (χ0) is 8.72. The second kappa shape index (κ2) is 2.20. The molecule has 3 nitrogen and oxygen atoms in total. The molecule has 2 aromatic rings. The van der Waals surface area contributed by atoms with Crippen LogP contribution in [0.15, 0.2) is 16.7 Å². The lowest BCUT2D eigenvalue weighted by Gasteiger charge is -1.95. The van der Waals surface area contributed by atoms with Crippen LogP contribution in [0.1, 0.15) is 5.69 Å². The van der Waals surface area contributed by atoms with Crippen LogP contribution in [0.2, 0.25) is 0 Å². The number of hydrogen-bond donors (Lipinski definition) is 1. The van der Waals surface area contributed by atoms with Crippen molar-refractivity contribution in [3.63, 3.8) is 0 Å². The molecule has 0 aliphatic heterocycles. The minimum absolute atomic E-state index is 0.103. The third kappa shape index (κ3) is 0.777. The monoisotopic (exact) mass is 166 g/mol. The van der Waals surface area contributed by atoms with E-state index in [0.29, 0.717) is 16.7 Å². The van der Waals surface area contributed by atoms with Crippen molar-refractivity contribution in [2.45, 2.75) is 6.92 Å². The summed E-state index contributed by atoms with van der Waals surface area (Å²) in [5.74, 6) is -0.436. The van der Waals surface area contributed by atoms with Crippen LogP contribution < -0.4 is 5.73 Å². The standard InChI is InChI=1S/C8H7FN2O/c1-4-7-6(12-11-4)3-2-5(9)8(7)10/h2-3H,10H2,1H3. The average molecular weight is 166 g/mol. The van der Waals surface area contributed by atoms with Crippen molar-refractivity contribution in [3.05, 3.63) is 23.6 Å². The Morgan fingerprint density at radius 1 is 1.50 bits per heavy atom. The summed E-state index contributed by atoms with van der Waals surface area (Å²) in [5, 5.41) is 4.24. The lowest BCUT2D eigenvalue weighted by Crippen LogP contribution is -1.91. The summed E-state index contributed by atoms with van der Waals surface area (Å²) in [6, 6.07) is 2.78. The predicted octanol–water partition coefficient (Wildman–Crippen LogP) is 1.86. The Labute approximate surface area is 67.9 Å². The smallest absolute Gasteiger partial charge is 0.169 e. The third-order valence-corrected chi connectivity index (χ3v) is 1.80. The Bertz CT molecular complexity index is 436. The van der Waals surface area contributed by atoms with Gasteiger partial charge in [-0.05, 0) is 19.1 Å². The molecule has 1 aromatic heterocycles. The summed E-state index contributed by atoms with van der Waals surface area (Å²) in [7, 11) is 0. The van der Waals surface area contributed by atoms with Gasteiger partial charge in [-0.2, -0.15) is 0 Å². The van der Waals surface area contributed by atoms with Gasteiger partial charge in [0.2, 0.25) is 0 Å². The predicted molar refractivity (Wildman–Crippen MR) is 43.1 cm³/mol. The van der Waals surface area contributed by atoms with Gasteiger partial charge in [-0.1, -0.05) is 5.16 Å². The molecule has 0 aliphatic rings. The largest absolute Gasteiger partial charge is 0.396 e. The van der Waals surface area contributed by atoms with Crippen LogP contribution in [0, 0.1) is 12.7 Å². The van der Waals surface area contributed by atoms with Crippen LogP contribution in [0.3, 0.4) is 0 Å². The number of benzene rings is 1. The van der Waals surface area contributed by atoms with Gasteiger partial charge in [-0.3, -0.25) is 0 Å². The number of aryl methyl sites for hydroxylation is 1. The number of hydrogen-bond acceptors (Lipinski definition) is 3. The van der Waals surface area contributed by atoms with Crippen LogP contribution in [0.4, 0.5) is 10.1 Å². The Morgan fingerprint density at radius 2 is 2.25 bits per heavy atom. The van der Waals surface area contributed by atoms with Gasteiger partial charge in [0.25, 0.3) is 0 Å². The van der Waals surface area contributed by atoms with E-state index in [-0.39, 0.29) is 5.69 Å². The highest BCUT2D eigenvalue weighted by atomic mass is 19.1. The molecular weight excluding hydrogens is 159 g/mol. The maximum absolute atomic E-state index is 12.9. The summed E-state index contributed by atoms with van der Waals surface area (Å²) in [4.78, 5) is 0. The van der Waals surface area contributed by atoms with E-state index < -0.39 is 5.82 Å². The summed E-state index contributed by atoms with van der Waals surface area (Å²) in [6.07, 6.45) is 0. The SMILES string of the molecule is Cc1noc2ccc(F)c(N)c12. The lowest BCUT2D eigenvalue weighted by atomic mass is 10.2. The molecule has 0 saturated carbocycles. The molecule has 0 aliphatic carbocycles. The summed E-state index contributed by atoms with van der Waals surface area (Å²) < 4.78 is 17.8. The Balaban J connectivity index is 2.96. The number of fused-ring (bicyclic) bond motifs is 1. The fourth-order valence-corrected chi connectivity index (χ4v) is 1.19. The number of aromatic nitrogens is 1. The van der Waals surface area contributed by atoms with Crippen molar-refractivity contribution in [1.82, 2.24) is 5.16 Å². The highest BCUT2D eigenvalue weighted by molar-refractivity contribution is 5.91. The topological polar surface area (TPSA) is 52.0 Å². The molecule has 0 unspecified atom stereocenters. The van der Waals surface area contributed by atoms with Gasteiger partial charge >= 0.3 is 0 Å². The van der Waals surface area contributed by atoms with Crippen molar-refractivity contribution in [2.75, 3.05) is 5.73 Å². The highest BCUT2D eigenvalue weighted by Crippen LogP contribution is 2.26. The van der Waals surface area contributed by atoms with E-state index in [4.69, 9.17) is 10.3 Å². The van der Waals surface area contributed by atoms with Gasteiger partial charge in [0.05, 0.1) is 16.8 Å².